The van der Waals surface area contributed by atoms with E-state index in [-0.39, 0.29) is 0 Å². The molecule has 1 aliphatic carbocycles. The molecule has 0 spiro atoms. The standard InChI is InChI=1S/C19H21NSe/c1-3-9-16(10-4-1)15-20-18-13-7-8-14-19(18)21-17-11-5-2-6-12-17/h1-6,9-12,19H,7-8,13-15H2. The Hall–Kier alpha value is -1.37. The Kier molecular flexibility index (Phi) is 5.26. The van der Waals surface area contributed by atoms with Gasteiger partial charge in [-0.05, 0) is 0 Å². The van der Waals surface area contributed by atoms with Gasteiger partial charge < -0.3 is 0 Å². The van der Waals surface area contributed by atoms with Crippen LogP contribution < -0.4 is 4.46 Å². The van der Waals surface area contributed by atoms with Crippen molar-refractivity contribution in [2.75, 3.05) is 0 Å². The summed E-state index contributed by atoms with van der Waals surface area (Å²) in [7, 11) is 0. The predicted molar refractivity (Wildman–Crippen MR) is 91.6 cm³/mol. The van der Waals surface area contributed by atoms with Crippen LogP contribution in [0.15, 0.2) is 65.7 Å². The molecule has 3 rings (SSSR count). The Morgan fingerprint density at radius 1 is 0.905 bits per heavy atom. The number of aliphatic imine (C=N–C) groups is 1. The van der Waals surface area contributed by atoms with E-state index < -0.39 is 0 Å². The Morgan fingerprint density at radius 2 is 1.62 bits per heavy atom. The van der Waals surface area contributed by atoms with E-state index in [0.717, 1.165) is 6.54 Å². The van der Waals surface area contributed by atoms with Gasteiger partial charge in [0.15, 0.2) is 0 Å². The first-order chi connectivity index (χ1) is 10.4. The summed E-state index contributed by atoms with van der Waals surface area (Å²) in [4.78, 5) is 5.67. The molecule has 1 nitrogen and oxygen atoms in total. The van der Waals surface area contributed by atoms with Crippen molar-refractivity contribution >= 4 is 25.1 Å². The van der Waals surface area contributed by atoms with Gasteiger partial charge in [-0.25, -0.2) is 0 Å². The van der Waals surface area contributed by atoms with Crippen molar-refractivity contribution in [1.82, 2.24) is 0 Å². The molecule has 2 aromatic carbocycles. The summed E-state index contributed by atoms with van der Waals surface area (Å²) in [5.74, 6) is 0. The third kappa shape index (κ3) is 4.30. The van der Waals surface area contributed by atoms with Crippen molar-refractivity contribution in [3.05, 3.63) is 66.2 Å². The first-order valence-corrected chi connectivity index (χ1v) is 9.55. The minimum atomic E-state index is 0.525. The average molecular weight is 342 g/mol. The molecule has 1 aliphatic rings. The molecule has 2 aromatic rings. The van der Waals surface area contributed by atoms with Crippen LogP contribution in [0.4, 0.5) is 0 Å². The van der Waals surface area contributed by atoms with E-state index in [1.165, 1.54) is 41.4 Å². The predicted octanol–water partition coefficient (Wildman–Crippen LogP) is 4.02. The van der Waals surface area contributed by atoms with Gasteiger partial charge in [0.1, 0.15) is 0 Å². The molecule has 0 aliphatic heterocycles. The Bertz CT molecular complexity index is 577. The van der Waals surface area contributed by atoms with Crippen LogP contribution >= 0.6 is 0 Å². The fourth-order valence-electron chi connectivity index (χ4n) is 2.71. The average Bonchev–Trinajstić information content (AvgIpc) is 2.56. The summed E-state index contributed by atoms with van der Waals surface area (Å²) in [6, 6.07) is 21.6. The van der Waals surface area contributed by atoms with Crippen LogP contribution in [0.1, 0.15) is 31.2 Å². The molecule has 1 fully saturated rings. The van der Waals surface area contributed by atoms with Gasteiger partial charge in [0.2, 0.25) is 0 Å². The van der Waals surface area contributed by atoms with Gasteiger partial charge >= 0.3 is 133 Å². The second-order valence-corrected chi connectivity index (χ2v) is 8.14. The Labute approximate surface area is 133 Å². The van der Waals surface area contributed by atoms with Gasteiger partial charge in [-0.1, -0.05) is 0 Å². The van der Waals surface area contributed by atoms with Crippen LogP contribution in [0.25, 0.3) is 0 Å². The van der Waals surface area contributed by atoms with Crippen molar-refractivity contribution in [3.8, 4) is 0 Å². The summed E-state index contributed by atoms with van der Waals surface area (Å²) < 4.78 is 1.50. The second-order valence-electron chi connectivity index (χ2n) is 5.46. The molecule has 108 valence electrons. The van der Waals surface area contributed by atoms with E-state index in [4.69, 9.17) is 4.99 Å². The van der Waals surface area contributed by atoms with E-state index in [9.17, 15) is 0 Å². The molecular weight excluding hydrogens is 321 g/mol. The van der Waals surface area contributed by atoms with E-state index in [0.29, 0.717) is 19.8 Å². The Morgan fingerprint density at radius 3 is 2.38 bits per heavy atom. The molecule has 0 amide bonds. The van der Waals surface area contributed by atoms with Gasteiger partial charge in [0.05, 0.1) is 0 Å². The molecule has 0 radical (unpaired) electrons. The van der Waals surface area contributed by atoms with E-state index in [2.05, 4.69) is 60.7 Å². The van der Waals surface area contributed by atoms with Gasteiger partial charge in [0, 0.05) is 0 Å². The van der Waals surface area contributed by atoms with Gasteiger partial charge in [-0.3, -0.25) is 0 Å². The summed E-state index contributed by atoms with van der Waals surface area (Å²) in [5, 5.41) is 0. The van der Waals surface area contributed by atoms with Crippen LogP contribution in [0, 0.1) is 0 Å². The summed E-state index contributed by atoms with van der Waals surface area (Å²) in [6.45, 7) is 0.845. The maximum absolute atomic E-state index is 4.96. The molecule has 0 aromatic heterocycles. The number of nitrogens with zero attached hydrogens (tertiary/aromatic N) is 1. The molecule has 1 atom stereocenters. The maximum atomic E-state index is 4.96. The third-order valence-electron chi connectivity index (χ3n) is 3.85. The zero-order chi connectivity index (χ0) is 14.3. The Balaban J connectivity index is 1.69. The molecule has 0 N–H and O–H groups in total. The molecule has 0 heterocycles. The fourth-order valence-corrected chi connectivity index (χ4v) is 5.35. The fraction of sp³-hybridized carbons (Fsp3) is 0.316. The molecule has 1 saturated carbocycles. The summed E-state index contributed by atoms with van der Waals surface area (Å²) in [5.41, 5.74) is 2.79. The number of benzene rings is 2. The number of hydrogen-bond acceptors (Lipinski definition) is 1. The third-order valence-corrected chi connectivity index (χ3v) is 6.65. The molecule has 1 unspecified atom stereocenters. The zero-order valence-corrected chi connectivity index (χ0v) is 14.0. The SMILES string of the molecule is c1ccc(CN=C2CCCCC2[Se]c2ccccc2)cc1. The minimum absolute atomic E-state index is 0.525. The van der Waals surface area contributed by atoms with Crippen molar-refractivity contribution in [1.29, 1.82) is 0 Å². The summed E-state index contributed by atoms with van der Waals surface area (Å²) >= 11 is 0.525. The molecule has 0 saturated heterocycles. The van der Waals surface area contributed by atoms with Gasteiger partial charge in [-0.2, -0.15) is 0 Å². The van der Waals surface area contributed by atoms with Crippen molar-refractivity contribution in [2.45, 2.75) is 37.0 Å². The number of rotatable bonds is 4. The molecule has 2 heteroatoms. The second kappa shape index (κ2) is 7.58. The van der Waals surface area contributed by atoms with E-state index in [1.54, 1.807) is 0 Å². The monoisotopic (exact) mass is 343 g/mol. The van der Waals surface area contributed by atoms with Crippen LogP contribution in [0.3, 0.4) is 0 Å². The van der Waals surface area contributed by atoms with Crippen LogP contribution in [0.2, 0.25) is 4.82 Å². The van der Waals surface area contributed by atoms with Gasteiger partial charge in [-0.15, -0.1) is 0 Å². The van der Waals surface area contributed by atoms with Gasteiger partial charge in [0.25, 0.3) is 0 Å². The van der Waals surface area contributed by atoms with E-state index in [1.807, 2.05) is 0 Å². The van der Waals surface area contributed by atoms with Crippen molar-refractivity contribution in [3.63, 3.8) is 0 Å². The normalized spacial score (nSPS) is 20.6. The van der Waals surface area contributed by atoms with Crippen molar-refractivity contribution in [2.24, 2.45) is 4.99 Å². The van der Waals surface area contributed by atoms with Crippen LogP contribution in [-0.4, -0.2) is 20.7 Å². The molecule has 21 heavy (non-hydrogen) atoms. The quantitative estimate of drug-likeness (QED) is 0.744. The molecule has 0 bridgehead atoms. The van der Waals surface area contributed by atoms with Crippen molar-refractivity contribution < 1.29 is 0 Å². The topological polar surface area (TPSA) is 12.4 Å². The first kappa shape index (κ1) is 14.6. The summed E-state index contributed by atoms with van der Waals surface area (Å²) in [6.07, 6.45) is 5.20. The molecular formula is C19H21NSe. The van der Waals surface area contributed by atoms with Crippen LogP contribution in [-0.2, 0) is 6.54 Å². The zero-order valence-electron chi connectivity index (χ0n) is 12.2. The number of hydrogen-bond donors (Lipinski definition) is 0. The van der Waals surface area contributed by atoms with E-state index >= 15 is 0 Å². The van der Waals surface area contributed by atoms with Crippen LogP contribution in [0.5, 0.6) is 0 Å². The first-order valence-electron chi connectivity index (χ1n) is 7.71.